The third kappa shape index (κ3) is 3.11. The zero-order chi connectivity index (χ0) is 13.1. The number of nitrogens with zero attached hydrogens (tertiary/aromatic N) is 3. The number of thiazole rings is 1. The smallest absolute Gasteiger partial charge is 0.123 e. The molecule has 0 saturated carbocycles. The molecule has 0 spiro atoms. The first-order valence-electron chi connectivity index (χ1n) is 6.41. The molecule has 1 aromatic carbocycles. The molecular weight excluding hydrogens is 261 g/mol. The Morgan fingerprint density at radius 2 is 1.84 bits per heavy atom. The van der Waals surface area contributed by atoms with Gasteiger partial charge in [0.15, 0.2) is 0 Å². The van der Waals surface area contributed by atoms with E-state index in [0.717, 1.165) is 44.1 Å². The van der Waals surface area contributed by atoms with Crippen LogP contribution in [-0.4, -0.2) is 36.1 Å². The molecule has 0 N–H and O–H groups in total. The molecule has 1 aromatic heterocycles. The van der Waals surface area contributed by atoms with Crippen LogP contribution in [0.4, 0.5) is 10.1 Å². The fourth-order valence-electron chi connectivity index (χ4n) is 2.36. The van der Waals surface area contributed by atoms with Crippen molar-refractivity contribution in [3.63, 3.8) is 0 Å². The SMILES string of the molecule is Fc1ccc(N2CCN(Cc3cscn3)CC2)cc1. The first-order chi connectivity index (χ1) is 9.31. The molecule has 1 aliphatic heterocycles. The molecule has 100 valence electrons. The molecule has 0 radical (unpaired) electrons. The molecule has 19 heavy (non-hydrogen) atoms. The Morgan fingerprint density at radius 3 is 2.47 bits per heavy atom. The molecular formula is C14H16FN3S. The number of aromatic nitrogens is 1. The van der Waals surface area contributed by atoms with Crippen molar-refractivity contribution in [2.24, 2.45) is 0 Å². The van der Waals surface area contributed by atoms with Crippen molar-refractivity contribution >= 4 is 17.0 Å². The lowest BCUT2D eigenvalue weighted by molar-refractivity contribution is 0.247. The molecule has 0 bridgehead atoms. The molecule has 1 fully saturated rings. The van der Waals surface area contributed by atoms with E-state index in [9.17, 15) is 4.39 Å². The van der Waals surface area contributed by atoms with Crippen LogP contribution in [0.2, 0.25) is 0 Å². The lowest BCUT2D eigenvalue weighted by atomic mass is 10.2. The summed E-state index contributed by atoms with van der Waals surface area (Å²) in [5.41, 5.74) is 4.14. The number of hydrogen-bond acceptors (Lipinski definition) is 4. The Balaban J connectivity index is 1.56. The second-order valence-corrected chi connectivity index (χ2v) is 5.44. The molecule has 3 rings (SSSR count). The van der Waals surface area contributed by atoms with E-state index in [-0.39, 0.29) is 5.82 Å². The maximum atomic E-state index is 12.9. The van der Waals surface area contributed by atoms with Crippen LogP contribution in [0, 0.1) is 5.82 Å². The standard InChI is InChI=1S/C14H16FN3S/c15-12-1-3-14(4-2-12)18-7-5-17(6-8-18)9-13-10-19-11-16-13/h1-4,10-11H,5-9H2. The van der Waals surface area contributed by atoms with Crippen molar-refractivity contribution in [2.75, 3.05) is 31.1 Å². The van der Waals surface area contributed by atoms with E-state index < -0.39 is 0 Å². The summed E-state index contributed by atoms with van der Waals surface area (Å²) in [6.45, 7) is 4.94. The van der Waals surface area contributed by atoms with Gasteiger partial charge in [0.2, 0.25) is 0 Å². The number of anilines is 1. The number of benzene rings is 1. The predicted molar refractivity (Wildman–Crippen MR) is 76.0 cm³/mol. The average Bonchev–Trinajstić information content (AvgIpc) is 2.94. The number of rotatable bonds is 3. The van der Waals surface area contributed by atoms with Gasteiger partial charge in [-0.2, -0.15) is 0 Å². The Morgan fingerprint density at radius 1 is 1.11 bits per heavy atom. The lowest BCUT2D eigenvalue weighted by Crippen LogP contribution is -2.46. The van der Waals surface area contributed by atoms with Gasteiger partial charge < -0.3 is 4.90 Å². The van der Waals surface area contributed by atoms with Gasteiger partial charge >= 0.3 is 0 Å². The van der Waals surface area contributed by atoms with Gasteiger partial charge in [0.05, 0.1) is 11.2 Å². The minimum Gasteiger partial charge on any atom is -0.369 e. The highest BCUT2D eigenvalue weighted by Gasteiger charge is 2.17. The van der Waals surface area contributed by atoms with E-state index in [0.29, 0.717) is 0 Å². The fourth-order valence-corrected chi connectivity index (χ4v) is 2.91. The molecule has 3 nitrogen and oxygen atoms in total. The highest BCUT2D eigenvalue weighted by Crippen LogP contribution is 2.17. The minimum atomic E-state index is -0.175. The van der Waals surface area contributed by atoms with Crippen LogP contribution in [0.15, 0.2) is 35.2 Å². The zero-order valence-electron chi connectivity index (χ0n) is 10.6. The minimum absolute atomic E-state index is 0.175. The summed E-state index contributed by atoms with van der Waals surface area (Å²) in [5.74, 6) is -0.175. The average molecular weight is 277 g/mol. The summed E-state index contributed by atoms with van der Waals surface area (Å²) in [5, 5.41) is 2.10. The van der Waals surface area contributed by atoms with Gasteiger partial charge in [-0.25, -0.2) is 9.37 Å². The van der Waals surface area contributed by atoms with E-state index in [4.69, 9.17) is 0 Å². The third-order valence-electron chi connectivity index (χ3n) is 3.43. The normalized spacial score (nSPS) is 16.8. The summed E-state index contributed by atoms with van der Waals surface area (Å²) >= 11 is 1.64. The van der Waals surface area contributed by atoms with E-state index in [1.54, 1.807) is 11.3 Å². The van der Waals surface area contributed by atoms with Crippen LogP contribution in [0.5, 0.6) is 0 Å². The monoisotopic (exact) mass is 277 g/mol. The van der Waals surface area contributed by atoms with Gasteiger partial charge in [-0.05, 0) is 24.3 Å². The van der Waals surface area contributed by atoms with Gasteiger partial charge in [-0.3, -0.25) is 4.90 Å². The Hall–Kier alpha value is -1.46. The van der Waals surface area contributed by atoms with Crippen LogP contribution in [0.1, 0.15) is 5.69 Å². The van der Waals surface area contributed by atoms with Gasteiger partial charge in [0.1, 0.15) is 5.82 Å². The van der Waals surface area contributed by atoms with Crippen molar-refractivity contribution in [1.29, 1.82) is 0 Å². The second-order valence-electron chi connectivity index (χ2n) is 4.72. The molecule has 0 amide bonds. The highest BCUT2D eigenvalue weighted by atomic mass is 32.1. The first-order valence-corrected chi connectivity index (χ1v) is 7.35. The van der Waals surface area contributed by atoms with E-state index in [1.807, 2.05) is 17.6 Å². The van der Waals surface area contributed by atoms with E-state index >= 15 is 0 Å². The largest absolute Gasteiger partial charge is 0.369 e. The maximum Gasteiger partial charge on any atom is 0.123 e. The van der Waals surface area contributed by atoms with Crippen LogP contribution >= 0.6 is 11.3 Å². The summed E-state index contributed by atoms with van der Waals surface area (Å²) in [6, 6.07) is 6.75. The van der Waals surface area contributed by atoms with Crippen molar-refractivity contribution in [3.05, 3.63) is 46.7 Å². The van der Waals surface area contributed by atoms with Gasteiger partial charge in [0, 0.05) is 43.8 Å². The van der Waals surface area contributed by atoms with Crippen LogP contribution in [-0.2, 0) is 6.54 Å². The van der Waals surface area contributed by atoms with Crippen molar-refractivity contribution in [2.45, 2.75) is 6.54 Å². The Labute approximate surface area is 116 Å². The molecule has 1 aliphatic rings. The maximum absolute atomic E-state index is 12.9. The Kier molecular flexibility index (Phi) is 3.75. The van der Waals surface area contributed by atoms with Crippen LogP contribution < -0.4 is 4.90 Å². The fraction of sp³-hybridized carbons (Fsp3) is 0.357. The summed E-state index contributed by atoms with van der Waals surface area (Å²) in [6.07, 6.45) is 0. The first kappa shape index (κ1) is 12.6. The van der Waals surface area contributed by atoms with Gasteiger partial charge in [0.25, 0.3) is 0 Å². The quantitative estimate of drug-likeness (QED) is 0.859. The molecule has 1 saturated heterocycles. The van der Waals surface area contributed by atoms with Crippen molar-refractivity contribution in [3.8, 4) is 0 Å². The van der Waals surface area contributed by atoms with Crippen molar-refractivity contribution < 1.29 is 4.39 Å². The van der Waals surface area contributed by atoms with Gasteiger partial charge in [-0.15, -0.1) is 11.3 Å². The Bertz CT molecular complexity index is 504. The van der Waals surface area contributed by atoms with Crippen LogP contribution in [0.25, 0.3) is 0 Å². The predicted octanol–water partition coefficient (Wildman–Crippen LogP) is 2.60. The van der Waals surface area contributed by atoms with Crippen LogP contribution in [0.3, 0.4) is 0 Å². The topological polar surface area (TPSA) is 19.4 Å². The second kappa shape index (κ2) is 5.67. The summed E-state index contributed by atoms with van der Waals surface area (Å²) in [4.78, 5) is 9.03. The zero-order valence-corrected chi connectivity index (χ0v) is 11.4. The molecule has 0 aliphatic carbocycles. The lowest BCUT2D eigenvalue weighted by Gasteiger charge is -2.35. The van der Waals surface area contributed by atoms with E-state index in [1.165, 1.54) is 12.1 Å². The molecule has 0 atom stereocenters. The molecule has 0 unspecified atom stereocenters. The third-order valence-corrected chi connectivity index (χ3v) is 4.07. The summed E-state index contributed by atoms with van der Waals surface area (Å²) < 4.78 is 12.9. The number of piperazine rings is 1. The van der Waals surface area contributed by atoms with E-state index in [2.05, 4.69) is 20.2 Å². The number of hydrogen-bond donors (Lipinski definition) is 0. The highest BCUT2D eigenvalue weighted by molar-refractivity contribution is 7.07. The molecule has 2 heterocycles. The number of halogens is 1. The van der Waals surface area contributed by atoms with Gasteiger partial charge in [-0.1, -0.05) is 0 Å². The molecule has 2 aromatic rings. The summed E-state index contributed by atoms with van der Waals surface area (Å²) in [7, 11) is 0. The molecule has 5 heteroatoms. The van der Waals surface area contributed by atoms with Crippen molar-refractivity contribution in [1.82, 2.24) is 9.88 Å².